The Labute approximate surface area is 119 Å². The van der Waals surface area contributed by atoms with Crippen LogP contribution in [0.1, 0.15) is 4.88 Å². The average Bonchev–Trinajstić information content (AvgIpc) is 2.92. The molecule has 0 aliphatic carbocycles. The van der Waals surface area contributed by atoms with Crippen molar-refractivity contribution >= 4 is 45.7 Å². The summed E-state index contributed by atoms with van der Waals surface area (Å²) in [5.41, 5.74) is 4.80. The predicted molar refractivity (Wildman–Crippen MR) is 82.3 cm³/mol. The standard InChI is InChI=1S/C14H10ClN3S/c15-10-3-4-12-13(5-6-16-14(12)8-10)18-17-9-11-2-1-7-19-11/h1-9H,(H,16,18)/b17-9-. The molecule has 0 saturated carbocycles. The largest absolute Gasteiger partial charge is 0.278 e. The van der Waals surface area contributed by atoms with Crippen LogP contribution in [0.2, 0.25) is 5.02 Å². The quantitative estimate of drug-likeness (QED) is 0.573. The molecule has 0 amide bonds. The van der Waals surface area contributed by atoms with E-state index in [4.69, 9.17) is 11.6 Å². The molecular weight excluding hydrogens is 278 g/mol. The number of nitrogens with zero attached hydrogens (tertiary/aromatic N) is 2. The van der Waals surface area contributed by atoms with Crippen LogP contribution in [0, 0.1) is 0 Å². The van der Waals surface area contributed by atoms with E-state index in [0.29, 0.717) is 5.02 Å². The third-order valence-electron chi connectivity index (χ3n) is 2.62. The van der Waals surface area contributed by atoms with Crippen molar-refractivity contribution in [2.45, 2.75) is 0 Å². The van der Waals surface area contributed by atoms with Gasteiger partial charge in [0, 0.05) is 21.5 Å². The van der Waals surface area contributed by atoms with Gasteiger partial charge in [-0.25, -0.2) is 0 Å². The number of thiophene rings is 1. The fraction of sp³-hybridized carbons (Fsp3) is 0. The van der Waals surface area contributed by atoms with Crippen LogP contribution in [0.5, 0.6) is 0 Å². The molecule has 2 aromatic heterocycles. The van der Waals surface area contributed by atoms with Crippen molar-refractivity contribution in [1.29, 1.82) is 0 Å². The maximum Gasteiger partial charge on any atom is 0.0738 e. The molecule has 3 aromatic rings. The summed E-state index contributed by atoms with van der Waals surface area (Å²) < 4.78 is 0. The van der Waals surface area contributed by atoms with E-state index in [1.807, 2.05) is 41.8 Å². The van der Waals surface area contributed by atoms with Gasteiger partial charge in [0.15, 0.2) is 0 Å². The van der Waals surface area contributed by atoms with Crippen LogP contribution in [0.4, 0.5) is 5.69 Å². The van der Waals surface area contributed by atoms with E-state index in [1.165, 1.54) is 0 Å². The molecule has 0 unspecified atom stereocenters. The van der Waals surface area contributed by atoms with E-state index in [9.17, 15) is 0 Å². The van der Waals surface area contributed by atoms with E-state index in [0.717, 1.165) is 21.5 Å². The van der Waals surface area contributed by atoms with Gasteiger partial charge in [-0.05, 0) is 35.7 Å². The Kier molecular flexibility index (Phi) is 3.44. The van der Waals surface area contributed by atoms with Crippen LogP contribution in [-0.2, 0) is 0 Å². The fourth-order valence-corrected chi connectivity index (χ4v) is 2.50. The average molecular weight is 288 g/mol. The van der Waals surface area contributed by atoms with E-state index in [1.54, 1.807) is 23.7 Å². The van der Waals surface area contributed by atoms with Gasteiger partial charge in [0.1, 0.15) is 0 Å². The summed E-state index contributed by atoms with van der Waals surface area (Å²) in [6.45, 7) is 0. The van der Waals surface area contributed by atoms with Crippen LogP contribution in [0.3, 0.4) is 0 Å². The molecule has 0 radical (unpaired) electrons. The highest BCUT2D eigenvalue weighted by atomic mass is 35.5. The molecule has 0 atom stereocenters. The SMILES string of the molecule is Clc1ccc2c(N/N=C\c3cccs3)ccnc2c1. The Balaban J connectivity index is 1.89. The van der Waals surface area contributed by atoms with E-state index < -0.39 is 0 Å². The van der Waals surface area contributed by atoms with Crippen molar-refractivity contribution in [2.24, 2.45) is 5.10 Å². The lowest BCUT2D eigenvalue weighted by Crippen LogP contribution is -1.91. The first kappa shape index (κ1) is 12.1. The molecule has 0 saturated heterocycles. The number of benzene rings is 1. The first-order valence-corrected chi connectivity index (χ1v) is 6.95. The highest BCUT2D eigenvalue weighted by Crippen LogP contribution is 2.24. The van der Waals surface area contributed by atoms with Crippen molar-refractivity contribution in [3.8, 4) is 0 Å². The molecule has 1 aromatic carbocycles. The monoisotopic (exact) mass is 287 g/mol. The molecule has 94 valence electrons. The van der Waals surface area contributed by atoms with E-state index in [-0.39, 0.29) is 0 Å². The van der Waals surface area contributed by atoms with Crippen molar-refractivity contribution in [2.75, 3.05) is 5.43 Å². The minimum absolute atomic E-state index is 0.680. The molecule has 0 aliphatic heterocycles. The van der Waals surface area contributed by atoms with Gasteiger partial charge in [-0.15, -0.1) is 11.3 Å². The Morgan fingerprint density at radius 1 is 1.26 bits per heavy atom. The maximum atomic E-state index is 5.95. The van der Waals surface area contributed by atoms with Crippen LogP contribution in [0.25, 0.3) is 10.9 Å². The first-order valence-electron chi connectivity index (χ1n) is 5.70. The zero-order valence-electron chi connectivity index (χ0n) is 9.88. The summed E-state index contributed by atoms with van der Waals surface area (Å²) in [6, 6.07) is 11.5. The second-order valence-electron chi connectivity index (χ2n) is 3.91. The molecule has 1 N–H and O–H groups in total. The number of pyridine rings is 1. The van der Waals surface area contributed by atoms with Crippen LogP contribution in [0.15, 0.2) is 53.1 Å². The lowest BCUT2D eigenvalue weighted by atomic mass is 10.2. The predicted octanol–water partition coefficient (Wildman–Crippen LogP) is 4.40. The Hall–Kier alpha value is -1.91. The van der Waals surface area contributed by atoms with Crippen LogP contribution in [-0.4, -0.2) is 11.2 Å². The number of nitrogens with one attached hydrogen (secondary N) is 1. The van der Waals surface area contributed by atoms with Crippen molar-refractivity contribution in [1.82, 2.24) is 4.98 Å². The molecule has 2 heterocycles. The summed E-state index contributed by atoms with van der Waals surface area (Å²) in [5.74, 6) is 0. The molecule has 3 rings (SSSR count). The van der Waals surface area contributed by atoms with Gasteiger partial charge in [-0.2, -0.15) is 5.10 Å². The van der Waals surface area contributed by atoms with Gasteiger partial charge in [-0.3, -0.25) is 10.4 Å². The number of rotatable bonds is 3. The highest BCUT2D eigenvalue weighted by Gasteiger charge is 2.01. The highest BCUT2D eigenvalue weighted by molar-refractivity contribution is 7.11. The van der Waals surface area contributed by atoms with Gasteiger partial charge in [0.25, 0.3) is 0 Å². The summed E-state index contributed by atoms with van der Waals surface area (Å²) in [4.78, 5) is 5.39. The molecule has 0 spiro atoms. The van der Waals surface area contributed by atoms with E-state index >= 15 is 0 Å². The van der Waals surface area contributed by atoms with Crippen molar-refractivity contribution in [3.63, 3.8) is 0 Å². The molecular formula is C14H10ClN3S. The minimum atomic E-state index is 0.680. The number of hydrazone groups is 1. The fourth-order valence-electron chi connectivity index (χ4n) is 1.75. The Morgan fingerprint density at radius 2 is 2.21 bits per heavy atom. The Bertz CT molecular complexity index is 723. The maximum absolute atomic E-state index is 5.95. The van der Waals surface area contributed by atoms with Gasteiger partial charge < -0.3 is 0 Å². The minimum Gasteiger partial charge on any atom is -0.278 e. The summed E-state index contributed by atoms with van der Waals surface area (Å²) in [6.07, 6.45) is 3.54. The summed E-state index contributed by atoms with van der Waals surface area (Å²) in [5, 5.41) is 7.93. The lowest BCUT2D eigenvalue weighted by molar-refractivity contribution is 1.34. The smallest absolute Gasteiger partial charge is 0.0738 e. The molecule has 0 aliphatic rings. The van der Waals surface area contributed by atoms with Gasteiger partial charge in [0.2, 0.25) is 0 Å². The third-order valence-corrected chi connectivity index (χ3v) is 3.67. The second kappa shape index (κ2) is 5.38. The van der Waals surface area contributed by atoms with Gasteiger partial charge >= 0.3 is 0 Å². The van der Waals surface area contributed by atoms with Crippen molar-refractivity contribution < 1.29 is 0 Å². The number of hydrogen-bond acceptors (Lipinski definition) is 4. The summed E-state index contributed by atoms with van der Waals surface area (Å²) >= 11 is 7.60. The number of aromatic nitrogens is 1. The topological polar surface area (TPSA) is 37.3 Å². The first-order chi connectivity index (χ1) is 9.33. The number of anilines is 1. The molecule has 5 heteroatoms. The Morgan fingerprint density at radius 3 is 3.05 bits per heavy atom. The molecule has 19 heavy (non-hydrogen) atoms. The number of halogens is 1. The van der Waals surface area contributed by atoms with Crippen LogP contribution >= 0.6 is 22.9 Å². The van der Waals surface area contributed by atoms with Crippen molar-refractivity contribution in [3.05, 3.63) is 57.9 Å². The molecule has 0 bridgehead atoms. The van der Waals surface area contributed by atoms with Gasteiger partial charge in [0.05, 0.1) is 17.4 Å². The number of hydrogen-bond donors (Lipinski definition) is 1. The van der Waals surface area contributed by atoms with Gasteiger partial charge in [-0.1, -0.05) is 17.7 Å². The molecule has 3 nitrogen and oxygen atoms in total. The van der Waals surface area contributed by atoms with Crippen LogP contribution < -0.4 is 5.43 Å². The second-order valence-corrected chi connectivity index (χ2v) is 5.32. The normalized spacial score (nSPS) is 11.2. The zero-order chi connectivity index (χ0) is 13.1. The number of fused-ring (bicyclic) bond motifs is 1. The third kappa shape index (κ3) is 2.75. The zero-order valence-corrected chi connectivity index (χ0v) is 11.4. The lowest BCUT2D eigenvalue weighted by Gasteiger charge is -2.04. The van der Waals surface area contributed by atoms with E-state index in [2.05, 4.69) is 15.5 Å². The molecule has 0 fully saturated rings. The summed E-state index contributed by atoms with van der Waals surface area (Å²) in [7, 11) is 0.